The van der Waals surface area contributed by atoms with E-state index in [2.05, 4.69) is 11.4 Å². The summed E-state index contributed by atoms with van der Waals surface area (Å²) in [7, 11) is 3.96. The molecule has 0 bridgehead atoms. The second-order valence-electron chi connectivity index (χ2n) is 5.62. The van der Waals surface area contributed by atoms with Crippen molar-refractivity contribution in [2.75, 3.05) is 27.2 Å². The smallest absolute Gasteiger partial charge is 0.261 e. The van der Waals surface area contributed by atoms with Gasteiger partial charge < -0.3 is 15.0 Å². The number of carbonyl (C=O) groups excluding carboxylic acids is 1. The lowest BCUT2D eigenvalue weighted by Gasteiger charge is -2.18. The van der Waals surface area contributed by atoms with Gasteiger partial charge in [0.25, 0.3) is 5.91 Å². The van der Waals surface area contributed by atoms with Crippen molar-refractivity contribution < 1.29 is 9.53 Å². The van der Waals surface area contributed by atoms with E-state index in [1.165, 1.54) is 5.39 Å². The van der Waals surface area contributed by atoms with Crippen molar-refractivity contribution in [3.63, 3.8) is 0 Å². The Labute approximate surface area is 132 Å². The zero-order chi connectivity index (χ0) is 15.9. The van der Waals surface area contributed by atoms with E-state index in [-0.39, 0.29) is 5.91 Å². The third-order valence-corrected chi connectivity index (χ3v) is 3.52. The molecule has 0 saturated carbocycles. The maximum atomic E-state index is 12.2. The number of amides is 1. The molecule has 4 heteroatoms. The van der Waals surface area contributed by atoms with Crippen LogP contribution in [0.1, 0.15) is 13.3 Å². The van der Waals surface area contributed by atoms with Crippen LogP contribution < -0.4 is 10.1 Å². The molecule has 1 atom stereocenters. The second-order valence-corrected chi connectivity index (χ2v) is 5.62. The van der Waals surface area contributed by atoms with E-state index in [4.69, 9.17) is 4.74 Å². The zero-order valence-electron chi connectivity index (χ0n) is 13.5. The summed E-state index contributed by atoms with van der Waals surface area (Å²) in [4.78, 5) is 14.2. The van der Waals surface area contributed by atoms with E-state index in [0.29, 0.717) is 13.0 Å². The Morgan fingerprint density at radius 3 is 2.59 bits per heavy atom. The summed E-state index contributed by atoms with van der Waals surface area (Å²) in [6.45, 7) is 3.40. The highest BCUT2D eigenvalue weighted by Crippen LogP contribution is 2.21. The van der Waals surface area contributed by atoms with Crippen LogP contribution in [0.4, 0.5) is 0 Å². The molecule has 0 aliphatic carbocycles. The molecule has 0 radical (unpaired) electrons. The second kappa shape index (κ2) is 7.80. The van der Waals surface area contributed by atoms with E-state index in [1.54, 1.807) is 0 Å². The summed E-state index contributed by atoms with van der Waals surface area (Å²) in [5.74, 6) is 0.672. The van der Waals surface area contributed by atoms with Crippen LogP contribution in [-0.4, -0.2) is 44.1 Å². The lowest BCUT2D eigenvalue weighted by Crippen LogP contribution is -2.40. The standard InChI is InChI=1S/C18H24N2O2/c1-4-17(18(21)19-11-12-20(2)3)22-16-10-9-14-7-5-6-8-15(14)13-16/h5-10,13,17H,4,11-12H2,1-3H3,(H,19,21). The molecule has 1 N–H and O–H groups in total. The first kappa shape index (κ1) is 16.3. The highest BCUT2D eigenvalue weighted by Gasteiger charge is 2.17. The maximum absolute atomic E-state index is 12.2. The lowest BCUT2D eigenvalue weighted by atomic mass is 10.1. The van der Waals surface area contributed by atoms with E-state index < -0.39 is 6.10 Å². The first-order valence-electron chi connectivity index (χ1n) is 7.68. The minimum atomic E-state index is -0.455. The third-order valence-electron chi connectivity index (χ3n) is 3.52. The molecule has 0 heterocycles. The Hall–Kier alpha value is -2.07. The van der Waals surface area contributed by atoms with Crippen molar-refractivity contribution in [1.29, 1.82) is 0 Å². The topological polar surface area (TPSA) is 41.6 Å². The van der Waals surface area contributed by atoms with Gasteiger partial charge in [-0.2, -0.15) is 0 Å². The van der Waals surface area contributed by atoms with Crippen LogP contribution in [0.5, 0.6) is 5.75 Å². The van der Waals surface area contributed by atoms with Crippen LogP contribution in [0.25, 0.3) is 10.8 Å². The molecule has 0 saturated heterocycles. The Morgan fingerprint density at radius 2 is 1.91 bits per heavy atom. The van der Waals surface area contributed by atoms with Gasteiger partial charge in [0.15, 0.2) is 6.10 Å². The lowest BCUT2D eigenvalue weighted by molar-refractivity contribution is -0.128. The molecule has 1 amide bonds. The highest BCUT2D eigenvalue weighted by molar-refractivity contribution is 5.84. The summed E-state index contributed by atoms with van der Waals surface area (Å²) in [6.07, 6.45) is 0.184. The molecule has 0 aliphatic heterocycles. The van der Waals surface area contributed by atoms with Gasteiger partial charge >= 0.3 is 0 Å². The van der Waals surface area contributed by atoms with E-state index in [1.807, 2.05) is 62.3 Å². The Balaban J connectivity index is 2.00. The average molecular weight is 300 g/mol. The van der Waals surface area contributed by atoms with Gasteiger partial charge in [0.05, 0.1) is 0 Å². The maximum Gasteiger partial charge on any atom is 0.261 e. The van der Waals surface area contributed by atoms with E-state index in [9.17, 15) is 4.79 Å². The van der Waals surface area contributed by atoms with Crippen molar-refractivity contribution in [3.05, 3.63) is 42.5 Å². The molecule has 0 spiro atoms. The minimum Gasteiger partial charge on any atom is -0.481 e. The first-order valence-corrected chi connectivity index (χ1v) is 7.68. The van der Waals surface area contributed by atoms with Crippen LogP contribution in [0.3, 0.4) is 0 Å². The number of rotatable bonds is 7. The number of benzene rings is 2. The largest absolute Gasteiger partial charge is 0.481 e. The fourth-order valence-corrected chi connectivity index (χ4v) is 2.24. The molecule has 2 rings (SSSR count). The number of ether oxygens (including phenoxy) is 1. The summed E-state index contributed by atoms with van der Waals surface area (Å²) in [5.41, 5.74) is 0. The van der Waals surface area contributed by atoms with Gasteiger partial charge in [-0.25, -0.2) is 0 Å². The summed E-state index contributed by atoms with van der Waals surface area (Å²) >= 11 is 0. The monoisotopic (exact) mass is 300 g/mol. The van der Waals surface area contributed by atoms with Crippen LogP contribution in [-0.2, 0) is 4.79 Å². The first-order chi connectivity index (χ1) is 10.6. The number of likely N-dealkylation sites (N-methyl/N-ethyl adjacent to an activating group) is 1. The van der Waals surface area contributed by atoms with Gasteiger partial charge in [-0.05, 0) is 43.4 Å². The van der Waals surface area contributed by atoms with Gasteiger partial charge in [-0.15, -0.1) is 0 Å². The molecule has 0 fully saturated rings. The summed E-state index contributed by atoms with van der Waals surface area (Å²) < 4.78 is 5.87. The quantitative estimate of drug-likeness (QED) is 0.855. The molecule has 118 valence electrons. The normalized spacial score (nSPS) is 12.4. The number of fused-ring (bicyclic) bond motifs is 1. The van der Waals surface area contributed by atoms with Crippen LogP contribution in [0, 0.1) is 0 Å². The predicted octanol–water partition coefficient (Wildman–Crippen LogP) is 2.68. The van der Waals surface area contributed by atoms with Crippen molar-refractivity contribution >= 4 is 16.7 Å². The van der Waals surface area contributed by atoms with Gasteiger partial charge in [0.2, 0.25) is 0 Å². The zero-order valence-corrected chi connectivity index (χ0v) is 13.5. The summed E-state index contributed by atoms with van der Waals surface area (Å²) in [5, 5.41) is 5.20. The van der Waals surface area contributed by atoms with E-state index in [0.717, 1.165) is 17.7 Å². The molecule has 2 aromatic carbocycles. The van der Waals surface area contributed by atoms with Gasteiger partial charge in [0.1, 0.15) is 5.75 Å². The van der Waals surface area contributed by atoms with Crippen LogP contribution >= 0.6 is 0 Å². The molecule has 0 aliphatic rings. The predicted molar refractivity (Wildman–Crippen MR) is 90.2 cm³/mol. The molecule has 1 unspecified atom stereocenters. The molecular formula is C18H24N2O2. The van der Waals surface area contributed by atoms with Crippen molar-refractivity contribution in [3.8, 4) is 5.75 Å². The number of nitrogens with one attached hydrogen (secondary N) is 1. The average Bonchev–Trinajstić information content (AvgIpc) is 2.52. The third kappa shape index (κ3) is 4.46. The fraction of sp³-hybridized carbons (Fsp3) is 0.389. The molecule has 2 aromatic rings. The Bertz CT molecular complexity index is 625. The van der Waals surface area contributed by atoms with Crippen molar-refractivity contribution in [1.82, 2.24) is 10.2 Å². The summed E-state index contributed by atoms with van der Waals surface area (Å²) in [6, 6.07) is 14.0. The molecule has 4 nitrogen and oxygen atoms in total. The Morgan fingerprint density at radius 1 is 1.18 bits per heavy atom. The number of carbonyl (C=O) groups is 1. The van der Waals surface area contributed by atoms with E-state index >= 15 is 0 Å². The number of nitrogens with zero attached hydrogens (tertiary/aromatic N) is 1. The number of hydrogen-bond donors (Lipinski definition) is 1. The Kier molecular flexibility index (Phi) is 5.78. The van der Waals surface area contributed by atoms with Gasteiger partial charge in [0, 0.05) is 13.1 Å². The van der Waals surface area contributed by atoms with Gasteiger partial charge in [-0.1, -0.05) is 37.3 Å². The fourth-order valence-electron chi connectivity index (χ4n) is 2.24. The minimum absolute atomic E-state index is 0.0579. The van der Waals surface area contributed by atoms with Crippen molar-refractivity contribution in [2.45, 2.75) is 19.4 Å². The van der Waals surface area contributed by atoms with Crippen molar-refractivity contribution in [2.24, 2.45) is 0 Å². The molecule has 0 aromatic heterocycles. The van der Waals surface area contributed by atoms with Crippen LogP contribution in [0.15, 0.2) is 42.5 Å². The van der Waals surface area contributed by atoms with Gasteiger partial charge in [-0.3, -0.25) is 4.79 Å². The highest BCUT2D eigenvalue weighted by atomic mass is 16.5. The number of hydrogen-bond acceptors (Lipinski definition) is 3. The SMILES string of the molecule is CCC(Oc1ccc2ccccc2c1)C(=O)NCCN(C)C. The molecular weight excluding hydrogens is 276 g/mol. The van der Waals surface area contributed by atoms with Crippen LogP contribution in [0.2, 0.25) is 0 Å². The molecule has 22 heavy (non-hydrogen) atoms.